The van der Waals surface area contributed by atoms with Gasteiger partial charge in [-0.2, -0.15) is 0 Å². The molecule has 1 fully saturated rings. The number of methoxy groups -OCH3 is 1. The summed E-state index contributed by atoms with van der Waals surface area (Å²) in [6, 6.07) is 0. The van der Waals surface area contributed by atoms with E-state index >= 15 is 0 Å². The van der Waals surface area contributed by atoms with Crippen molar-refractivity contribution in [1.29, 1.82) is 0 Å². The van der Waals surface area contributed by atoms with Crippen LogP contribution in [0.4, 0.5) is 5.00 Å². The number of ether oxygens (including phenoxy) is 2. The molecule has 1 aliphatic carbocycles. The van der Waals surface area contributed by atoms with Crippen molar-refractivity contribution >= 4 is 39.6 Å². The molecular weight excluding hydrogens is 332 g/mol. The normalized spacial score (nSPS) is 20.0. The number of thiophene rings is 1. The molecular formula is C16H22N2O3S2. The first-order valence-corrected chi connectivity index (χ1v) is 9.31. The molecule has 0 spiro atoms. The molecule has 0 aromatic carbocycles. The van der Waals surface area contributed by atoms with Gasteiger partial charge in [-0.15, -0.1) is 11.3 Å². The van der Waals surface area contributed by atoms with Crippen LogP contribution >= 0.6 is 23.6 Å². The Labute approximate surface area is 145 Å². The summed E-state index contributed by atoms with van der Waals surface area (Å²) in [6.07, 6.45) is 6.67. The Bertz CT molecular complexity index is 594. The zero-order valence-corrected chi connectivity index (χ0v) is 14.9. The minimum absolute atomic E-state index is 0.228. The van der Waals surface area contributed by atoms with Gasteiger partial charge in [0, 0.05) is 18.0 Å². The Hall–Kier alpha value is -1.18. The van der Waals surface area contributed by atoms with Gasteiger partial charge in [0.25, 0.3) is 0 Å². The van der Waals surface area contributed by atoms with E-state index in [0.717, 1.165) is 49.3 Å². The molecule has 1 aromatic rings. The molecule has 23 heavy (non-hydrogen) atoms. The monoisotopic (exact) mass is 354 g/mol. The second-order valence-electron chi connectivity index (χ2n) is 5.88. The van der Waals surface area contributed by atoms with Crippen LogP contribution in [0.15, 0.2) is 0 Å². The number of esters is 1. The van der Waals surface area contributed by atoms with Crippen molar-refractivity contribution in [3.8, 4) is 0 Å². The van der Waals surface area contributed by atoms with E-state index in [1.165, 1.54) is 18.4 Å². The first-order valence-electron chi connectivity index (χ1n) is 8.08. The summed E-state index contributed by atoms with van der Waals surface area (Å²) in [5.41, 5.74) is 1.80. The van der Waals surface area contributed by atoms with Crippen molar-refractivity contribution in [3.05, 3.63) is 16.0 Å². The molecule has 1 aliphatic heterocycles. The molecule has 0 bridgehead atoms. The molecule has 0 unspecified atom stereocenters. The maximum absolute atomic E-state index is 12.2. The fraction of sp³-hybridized carbons (Fsp3) is 0.625. The van der Waals surface area contributed by atoms with Crippen LogP contribution in [0.2, 0.25) is 0 Å². The van der Waals surface area contributed by atoms with Gasteiger partial charge in [0.15, 0.2) is 5.11 Å². The highest BCUT2D eigenvalue weighted by molar-refractivity contribution is 7.80. The van der Waals surface area contributed by atoms with Crippen LogP contribution in [0, 0.1) is 0 Å². The lowest BCUT2D eigenvalue weighted by atomic mass is 9.95. The summed E-state index contributed by atoms with van der Waals surface area (Å²) < 4.78 is 10.5. The first kappa shape index (κ1) is 16.7. The number of carbonyl (C=O) groups excluding carboxylic acids is 1. The fourth-order valence-corrected chi connectivity index (χ4v) is 4.66. The smallest absolute Gasteiger partial charge is 0.341 e. The third kappa shape index (κ3) is 3.84. The van der Waals surface area contributed by atoms with Crippen molar-refractivity contribution in [3.63, 3.8) is 0 Å². The van der Waals surface area contributed by atoms with E-state index < -0.39 is 0 Å². The van der Waals surface area contributed by atoms with Gasteiger partial charge < -0.3 is 20.1 Å². The van der Waals surface area contributed by atoms with Crippen molar-refractivity contribution in [2.45, 2.75) is 44.6 Å². The van der Waals surface area contributed by atoms with Gasteiger partial charge in [0.2, 0.25) is 0 Å². The molecule has 126 valence electrons. The van der Waals surface area contributed by atoms with E-state index in [9.17, 15) is 4.79 Å². The van der Waals surface area contributed by atoms with Crippen LogP contribution in [0.25, 0.3) is 0 Å². The lowest BCUT2D eigenvalue weighted by Crippen LogP contribution is -2.35. The zero-order chi connectivity index (χ0) is 16.2. The molecule has 3 rings (SSSR count). The van der Waals surface area contributed by atoms with Gasteiger partial charge >= 0.3 is 5.97 Å². The molecule has 2 aliphatic rings. The predicted octanol–water partition coefficient (Wildman–Crippen LogP) is 2.88. The zero-order valence-electron chi connectivity index (χ0n) is 13.3. The molecule has 7 heteroatoms. The van der Waals surface area contributed by atoms with Crippen LogP contribution in [0.5, 0.6) is 0 Å². The highest BCUT2D eigenvalue weighted by Crippen LogP contribution is 2.38. The molecule has 2 heterocycles. The van der Waals surface area contributed by atoms with Gasteiger partial charge in [-0.1, -0.05) is 0 Å². The summed E-state index contributed by atoms with van der Waals surface area (Å²) in [5.74, 6) is -0.283. The van der Waals surface area contributed by atoms with Crippen LogP contribution < -0.4 is 10.6 Å². The van der Waals surface area contributed by atoms with Gasteiger partial charge in [-0.3, -0.25) is 0 Å². The number of aryl methyl sites for hydroxylation is 1. The van der Waals surface area contributed by atoms with E-state index in [4.69, 9.17) is 21.7 Å². The molecule has 0 amide bonds. The number of thiocarbonyl (C=S) groups is 1. The summed E-state index contributed by atoms with van der Waals surface area (Å²) in [5, 5.41) is 7.71. The van der Waals surface area contributed by atoms with E-state index in [-0.39, 0.29) is 12.1 Å². The number of carbonyl (C=O) groups is 1. The minimum atomic E-state index is -0.283. The molecule has 5 nitrogen and oxygen atoms in total. The number of hydrogen-bond donors (Lipinski definition) is 2. The number of hydrogen-bond acceptors (Lipinski definition) is 5. The number of nitrogens with one attached hydrogen (secondary N) is 2. The van der Waals surface area contributed by atoms with Crippen molar-refractivity contribution < 1.29 is 14.3 Å². The number of fused-ring (bicyclic) bond motifs is 1. The Balaban J connectivity index is 1.69. The summed E-state index contributed by atoms with van der Waals surface area (Å²) in [4.78, 5) is 13.5. The summed E-state index contributed by atoms with van der Waals surface area (Å²) in [7, 11) is 1.42. The molecule has 1 aromatic heterocycles. The second kappa shape index (κ2) is 7.59. The fourth-order valence-electron chi connectivity index (χ4n) is 3.13. The predicted molar refractivity (Wildman–Crippen MR) is 95.5 cm³/mol. The Morgan fingerprint density at radius 1 is 1.39 bits per heavy atom. The minimum Gasteiger partial charge on any atom is -0.465 e. The topological polar surface area (TPSA) is 59.6 Å². The van der Waals surface area contributed by atoms with Crippen LogP contribution in [-0.4, -0.2) is 37.4 Å². The van der Waals surface area contributed by atoms with Gasteiger partial charge in [-0.05, 0) is 56.3 Å². The maximum atomic E-state index is 12.2. The third-order valence-electron chi connectivity index (χ3n) is 4.30. The van der Waals surface area contributed by atoms with Crippen LogP contribution in [0.3, 0.4) is 0 Å². The van der Waals surface area contributed by atoms with E-state index in [1.807, 2.05) is 0 Å². The SMILES string of the molecule is COC(=O)c1c(NC(=S)NC[C@@H]2CCCO2)sc2c1CCCC2. The van der Waals surface area contributed by atoms with Crippen LogP contribution in [0.1, 0.15) is 46.5 Å². The van der Waals surface area contributed by atoms with Gasteiger partial charge in [0.1, 0.15) is 5.00 Å². The number of anilines is 1. The van der Waals surface area contributed by atoms with Gasteiger partial charge in [-0.25, -0.2) is 4.79 Å². The largest absolute Gasteiger partial charge is 0.465 e. The lowest BCUT2D eigenvalue weighted by Gasteiger charge is -2.14. The third-order valence-corrected chi connectivity index (χ3v) is 5.76. The Morgan fingerprint density at radius 3 is 2.96 bits per heavy atom. The van der Waals surface area contributed by atoms with Crippen molar-refractivity contribution in [1.82, 2.24) is 5.32 Å². The van der Waals surface area contributed by atoms with Crippen LogP contribution in [-0.2, 0) is 22.3 Å². The van der Waals surface area contributed by atoms with E-state index in [0.29, 0.717) is 17.2 Å². The van der Waals surface area contributed by atoms with Crippen molar-refractivity contribution in [2.75, 3.05) is 25.6 Å². The Kier molecular flexibility index (Phi) is 5.50. The quantitative estimate of drug-likeness (QED) is 0.640. The second-order valence-corrected chi connectivity index (χ2v) is 7.39. The Morgan fingerprint density at radius 2 is 2.22 bits per heavy atom. The summed E-state index contributed by atoms with van der Waals surface area (Å²) >= 11 is 6.99. The molecule has 0 radical (unpaired) electrons. The molecule has 1 saturated heterocycles. The standard InChI is InChI=1S/C16H22N2O3S2/c1-20-15(19)13-11-6-2-3-7-12(11)23-14(13)18-16(22)17-9-10-5-4-8-21-10/h10H,2-9H2,1H3,(H2,17,18,22)/t10-/m0/s1. The maximum Gasteiger partial charge on any atom is 0.341 e. The first-order chi connectivity index (χ1) is 11.2. The summed E-state index contributed by atoms with van der Waals surface area (Å²) in [6.45, 7) is 1.53. The average molecular weight is 354 g/mol. The highest BCUT2D eigenvalue weighted by Gasteiger charge is 2.26. The van der Waals surface area contributed by atoms with Crippen molar-refractivity contribution in [2.24, 2.45) is 0 Å². The highest BCUT2D eigenvalue weighted by atomic mass is 32.1. The number of rotatable bonds is 4. The van der Waals surface area contributed by atoms with E-state index in [1.54, 1.807) is 11.3 Å². The van der Waals surface area contributed by atoms with Gasteiger partial charge in [0.05, 0.1) is 18.8 Å². The molecule has 0 saturated carbocycles. The van der Waals surface area contributed by atoms with E-state index in [2.05, 4.69) is 10.6 Å². The average Bonchev–Trinajstić information content (AvgIpc) is 3.19. The molecule has 2 N–H and O–H groups in total. The lowest BCUT2D eigenvalue weighted by molar-refractivity contribution is 0.0601. The molecule has 1 atom stereocenters.